The molecule has 0 fully saturated rings. The smallest absolute Gasteiger partial charge is 0.308 e. The molecule has 1 aliphatic rings. The number of aliphatic carboxylic acids is 1. The number of fused-ring (bicyclic) bond motifs is 1. The normalized spacial score (nSPS) is 16.0. The SMILES string of the molecule is CC(CN1CCNc2cc(Br)ccc21)C(=O)O. The molecule has 0 bridgehead atoms. The first-order valence-corrected chi connectivity index (χ1v) is 6.38. The zero-order chi connectivity index (χ0) is 12.4. The highest BCUT2D eigenvalue weighted by Gasteiger charge is 2.21. The van der Waals surface area contributed by atoms with Gasteiger partial charge < -0.3 is 15.3 Å². The second-order valence-corrected chi connectivity index (χ2v) is 5.19. The van der Waals surface area contributed by atoms with E-state index in [1.54, 1.807) is 6.92 Å². The van der Waals surface area contributed by atoms with E-state index in [-0.39, 0.29) is 5.92 Å². The lowest BCUT2D eigenvalue weighted by Gasteiger charge is -2.33. The summed E-state index contributed by atoms with van der Waals surface area (Å²) in [5.41, 5.74) is 2.13. The summed E-state index contributed by atoms with van der Waals surface area (Å²) in [6.07, 6.45) is 0. The van der Waals surface area contributed by atoms with Gasteiger partial charge in [-0.2, -0.15) is 0 Å². The Hall–Kier alpha value is -1.23. The molecule has 4 nitrogen and oxygen atoms in total. The van der Waals surface area contributed by atoms with Crippen LogP contribution >= 0.6 is 15.9 Å². The van der Waals surface area contributed by atoms with Crippen molar-refractivity contribution in [2.24, 2.45) is 5.92 Å². The number of hydrogen-bond acceptors (Lipinski definition) is 3. The average Bonchev–Trinajstić information content (AvgIpc) is 2.28. The van der Waals surface area contributed by atoms with Crippen LogP contribution in [-0.2, 0) is 4.79 Å². The highest BCUT2D eigenvalue weighted by molar-refractivity contribution is 9.10. The molecule has 0 aliphatic carbocycles. The molecule has 1 aromatic carbocycles. The molecule has 1 atom stereocenters. The molecule has 1 aromatic rings. The molecule has 2 N–H and O–H groups in total. The number of hydrogen-bond donors (Lipinski definition) is 2. The maximum Gasteiger partial charge on any atom is 0.308 e. The molecule has 92 valence electrons. The lowest BCUT2D eigenvalue weighted by Crippen LogP contribution is -2.38. The average molecular weight is 299 g/mol. The van der Waals surface area contributed by atoms with Gasteiger partial charge in [0.1, 0.15) is 0 Å². The summed E-state index contributed by atoms with van der Waals surface area (Å²) in [5.74, 6) is -1.10. The van der Waals surface area contributed by atoms with Gasteiger partial charge in [0.05, 0.1) is 17.3 Å². The van der Waals surface area contributed by atoms with E-state index in [2.05, 4.69) is 26.1 Å². The van der Waals surface area contributed by atoms with Crippen LogP contribution in [0.5, 0.6) is 0 Å². The molecule has 0 saturated carbocycles. The number of benzene rings is 1. The monoisotopic (exact) mass is 298 g/mol. The minimum absolute atomic E-state index is 0.357. The number of rotatable bonds is 3. The van der Waals surface area contributed by atoms with Crippen molar-refractivity contribution in [1.29, 1.82) is 0 Å². The van der Waals surface area contributed by atoms with Crippen molar-refractivity contribution in [3.63, 3.8) is 0 Å². The van der Waals surface area contributed by atoms with Crippen molar-refractivity contribution < 1.29 is 9.90 Å². The summed E-state index contributed by atoms with van der Waals surface area (Å²) in [6, 6.07) is 6.01. The van der Waals surface area contributed by atoms with E-state index >= 15 is 0 Å². The third-order valence-corrected chi connectivity index (χ3v) is 3.41. The molecule has 0 amide bonds. The molecule has 0 aromatic heterocycles. The first kappa shape index (κ1) is 12.2. The van der Waals surface area contributed by atoms with Gasteiger partial charge in [0.2, 0.25) is 0 Å². The molecule has 1 unspecified atom stereocenters. The van der Waals surface area contributed by atoms with Gasteiger partial charge in [-0.3, -0.25) is 4.79 Å². The molecule has 0 radical (unpaired) electrons. The van der Waals surface area contributed by atoms with Crippen molar-refractivity contribution in [1.82, 2.24) is 0 Å². The van der Waals surface area contributed by atoms with Gasteiger partial charge in [-0.1, -0.05) is 22.9 Å². The fraction of sp³-hybridized carbons (Fsp3) is 0.417. The number of halogens is 1. The van der Waals surface area contributed by atoms with Crippen LogP contribution in [0.15, 0.2) is 22.7 Å². The molecule has 5 heteroatoms. The van der Waals surface area contributed by atoms with E-state index in [0.29, 0.717) is 6.54 Å². The summed E-state index contributed by atoms with van der Waals surface area (Å²) in [6.45, 7) is 3.97. The van der Waals surface area contributed by atoms with Gasteiger partial charge >= 0.3 is 5.97 Å². The van der Waals surface area contributed by atoms with Crippen LogP contribution < -0.4 is 10.2 Å². The second-order valence-electron chi connectivity index (χ2n) is 4.27. The Bertz CT molecular complexity index is 437. The summed E-state index contributed by atoms with van der Waals surface area (Å²) >= 11 is 3.43. The van der Waals surface area contributed by atoms with Crippen molar-refractivity contribution >= 4 is 33.3 Å². The van der Waals surface area contributed by atoms with Crippen LogP contribution in [0.2, 0.25) is 0 Å². The van der Waals surface area contributed by atoms with Gasteiger partial charge in [-0.05, 0) is 18.2 Å². The summed E-state index contributed by atoms with van der Waals surface area (Å²) in [4.78, 5) is 13.0. The number of nitrogens with zero attached hydrogens (tertiary/aromatic N) is 1. The highest BCUT2D eigenvalue weighted by Crippen LogP contribution is 2.32. The van der Waals surface area contributed by atoms with Crippen LogP contribution in [0.4, 0.5) is 11.4 Å². The molecule has 17 heavy (non-hydrogen) atoms. The number of carboxylic acid groups (broad SMARTS) is 1. The van der Waals surface area contributed by atoms with Crippen LogP contribution in [0.25, 0.3) is 0 Å². The van der Waals surface area contributed by atoms with Crippen molar-refractivity contribution in [2.45, 2.75) is 6.92 Å². The van der Waals surface area contributed by atoms with E-state index in [4.69, 9.17) is 5.11 Å². The third kappa shape index (κ3) is 2.72. The number of carbonyl (C=O) groups is 1. The Labute approximate surface area is 109 Å². The van der Waals surface area contributed by atoms with E-state index in [1.807, 2.05) is 18.2 Å². The molecule has 1 heterocycles. The van der Waals surface area contributed by atoms with Gasteiger partial charge in [0.25, 0.3) is 0 Å². The molecular formula is C12H15BrN2O2. The maximum absolute atomic E-state index is 10.9. The number of carboxylic acids is 1. The van der Waals surface area contributed by atoms with Crippen molar-refractivity contribution in [2.75, 3.05) is 29.9 Å². The van der Waals surface area contributed by atoms with Crippen LogP contribution in [0.1, 0.15) is 6.92 Å². The van der Waals surface area contributed by atoms with E-state index in [0.717, 1.165) is 28.9 Å². The standard InChI is InChI=1S/C12H15BrN2O2/c1-8(12(16)17)7-15-5-4-14-10-6-9(13)2-3-11(10)15/h2-3,6,8,14H,4-5,7H2,1H3,(H,16,17). The Kier molecular flexibility index (Phi) is 3.57. The molecule has 1 aliphatic heterocycles. The van der Waals surface area contributed by atoms with Gasteiger partial charge in [0.15, 0.2) is 0 Å². The zero-order valence-electron chi connectivity index (χ0n) is 9.61. The number of nitrogens with one attached hydrogen (secondary N) is 1. The lowest BCUT2D eigenvalue weighted by molar-refractivity contribution is -0.140. The Morgan fingerprint density at radius 3 is 3.12 bits per heavy atom. The molecule has 0 saturated heterocycles. The Morgan fingerprint density at radius 2 is 2.41 bits per heavy atom. The lowest BCUT2D eigenvalue weighted by atomic mass is 10.1. The molecule has 2 rings (SSSR count). The summed E-state index contributed by atoms with van der Waals surface area (Å²) in [7, 11) is 0. The topological polar surface area (TPSA) is 52.6 Å². The zero-order valence-corrected chi connectivity index (χ0v) is 11.2. The fourth-order valence-electron chi connectivity index (χ4n) is 1.97. The quantitative estimate of drug-likeness (QED) is 0.900. The van der Waals surface area contributed by atoms with E-state index in [9.17, 15) is 4.79 Å². The minimum Gasteiger partial charge on any atom is -0.481 e. The van der Waals surface area contributed by atoms with Gasteiger partial charge in [-0.15, -0.1) is 0 Å². The minimum atomic E-state index is -0.748. The van der Waals surface area contributed by atoms with Crippen LogP contribution in [0.3, 0.4) is 0 Å². The van der Waals surface area contributed by atoms with E-state index in [1.165, 1.54) is 0 Å². The van der Waals surface area contributed by atoms with E-state index < -0.39 is 5.97 Å². The fourth-order valence-corrected chi connectivity index (χ4v) is 2.33. The summed E-state index contributed by atoms with van der Waals surface area (Å²) < 4.78 is 1.02. The predicted molar refractivity (Wildman–Crippen MR) is 71.6 cm³/mol. The first-order chi connectivity index (χ1) is 8.08. The molecule has 0 spiro atoms. The molecular weight excluding hydrogens is 284 g/mol. The summed E-state index contributed by atoms with van der Waals surface area (Å²) in [5, 5.41) is 12.3. The number of anilines is 2. The van der Waals surface area contributed by atoms with Crippen molar-refractivity contribution in [3.05, 3.63) is 22.7 Å². The Balaban J connectivity index is 2.20. The Morgan fingerprint density at radius 1 is 1.65 bits per heavy atom. The third-order valence-electron chi connectivity index (χ3n) is 2.91. The second kappa shape index (κ2) is 4.96. The first-order valence-electron chi connectivity index (χ1n) is 5.59. The largest absolute Gasteiger partial charge is 0.481 e. The van der Waals surface area contributed by atoms with Gasteiger partial charge in [-0.25, -0.2) is 0 Å². The highest BCUT2D eigenvalue weighted by atomic mass is 79.9. The van der Waals surface area contributed by atoms with Crippen LogP contribution in [0, 0.1) is 5.92 Å². The van der Waals surface area contributed by atoms with Crippen LogP contribution in [-0.4, -0.2) is 30.7 Å². The van der Waals surface area contributed by atoms with Crippen molar-refractivity contribution in [3.8, 4) is 0 Å². The predicted octanol–water partition coefficient (Wildman–Crippen LogP) is 2.40. The van der Waals surface area contributed by atoms with Gasteiger partial charge in [0, 0.05) is 24.1 Å². The maximum atomic E-state index is 10.9.